The predicted molar refractivity (Wildman–Crippen MR) is 125 cm³/mol. The zero-order chi connectivity index (χ0) is 19.8. The van der Waals surface area contributed by atoms with Crippen LogP contribution in [-0.4, -0.2) is 31.1 Å². The summed E-state index contributed by atoms with van der Waals surface area (Å²) in [6, 6.07) is 16.5. The van der Waals surface area contributed by atoms with Crippen molar-refractivity contribution in [3.05, 3.63) is 77.9 Å². The minimum atomic E-state index is -0.278. The fraction of sp³-hybridized carbons (Fsp3) is 0.273. The third-order valence-electron chi connectivity index (χ3n) is 4.48. The lowest BCUT2D eigenvalue weighted by Crippen LogP contribution is -2.39. The molecule has 29 heavy (non-hydrogen) atoms. The number of oxazole rings is 1. The van der Waals surface area contributed by atoms with Crippen LogP contribution in [0.3, 0.4) is 0 Å². The van der Waals surface area contributed by atoms with Gasteiger partial charge >= 0.3 is 0 Å². The molecular weight excluding hydrogens is 482 g/mol. The molecule has 1 atom stereocenters. The van der Waals surface area contributed by atoms with E-state index < -0.39 is 0 Å². The van der Waals surface area contributed by atoms with Crippen LogP contribution in [0.15, 0.2) is 70.3 Å². The lowest BCUT2D eigenvalue weighted by molar-refractivity contribution is 0.571. The Hall–Kier alpha value is -2.42. The Morgan fingerprint density at radius 3 is 2.52 bits per heavy atom. The Balaban J connectivity index is 0.00000300. The van der Waals surface area contributed by atoms with Crippen LogP contribution in [0.5, 0.6) is 0 Å². The number of aliphatic imine (C=N–C) groups is 1. The summed E-state index contributed by atoms with van der Waals surface area (Å²) >= 11 is 0. The van der Waals surface area contributed by atoms with Gasteiger partial charge in [-0.25, -0.2) is 9.37 Å². The molecule has 0 saturated carbocycles. The Kier molecular flexibility index (Phi) is 9.11. The van der Waals surface area contributed by atoms with E-state index in [1.54, 1.807) is 25.4 Å². The van der Waals surface area contributed by atoms with Crippen LogP contribution >= 0.6 is 24.0 Å². The molecule has 0 aliphatic rings. The molecule has 0 amide bonds. The van der Waals surface area contributed by atoms with Crippen molar-refractivity contribution in [1.29, 1.82) is 0 Å². The SMILES string of the molecule is CN=C(NCCc1coc(-c2ccc(F)cc2)n1)NCC(C)c1ccccc1.I. The van der Waals surface area contributed by atoms with Crippen LogP contribution in [0.1, 0.15) is 24.1 Å². The van der Waals surface area contributed by atoms with E-state index in [1.165, 1.54) is 17.7 Å². The number of nitrogens with one attached hydrogen (secondary N) is 2. The number of guanidine groups is 1. The van der Waals surface area contributed by atoms with E-state index in [0.29, 0.717) is 24.8 Å². The first kappa shape index (κ1) is 22.9. The number of hydrogen-bond donors (Lipinski definition) is 2. The minimum Gasteiger partial charge on any atom is -0.444 e. The highest BCUT2D eigenvalue weighted by Gasteiger charge is 2.08. The summed E-state index contributed by atoms with van der Waals surface area (Å²) in [6.45, 7) is 3.65. The third kappa shape index (κ3) is 6.85. The first-order valence-electron chi connectivity index (χ1n) is 9.35. The highest BCUT2D eigenvalue weighted by atomic mass is 127. The maximum Gasteiger partial charge on any atom is 0.226 e. The molecule has 0 spiro atoms. The molecule has 2 N–H and O–H groups in total. The van der Waals surface area contributed by atoms with E-state index in [0.717, 1.165) is 23.8 Å². The van der Waals surface area contributed by atoms with Gasteiger partial charge in [-0.1, -0.05) is 37.3 Å². The summed E-state index contributed by atoms with van der Waals surface area (Å²) in [6.07, 6.45) is 2.33. The van der Waals surface area contributed by atoms with E-state index in [2.05, 4.69) is 51.8 Å². The normalized spacial score (nSPS) is 12.2. The van der Waals surface area contributed by atoms with Gasteiger partial charge in [0.05, 0.1) is 5.69 Å². The van der Waals surface area contributed by atoms with Gasteiger partial charge in [-0.05, 0) is 35.7 Å². The van der Waals surface area contributed by atoms with E-state index in [9.17, 15) is 4.39 Å². The standard InChI is InChI=1S/C22H25FN4O.HI/c1-16(17-6-4-3-5-7-17)14-26-22(24-2)25-13-12-20-15-28-21(27-20)18-8-10-19(23)11-9-18;/h3-11,15-16H,12-14H2,1-2H3,(H2,24,25,26);1H. The first-order valence-corrected chi connectivity index (χ1v) is 9.35. The van der Waals surface area contributed by atoms with Crippen molar-refractivity contribution in [3.8, 4) is 11.5 Å². The Morgan fingerprint density at radius 1 is 1.10 bits per heavy atom. The van der Waals surface area contributed by atoms with Crippen LogP contribution in [0, 0.1) is 5.82 Å². The van der Waals surface area contributed by atoms with Crippen LogP contribution in [-0.2, 0) is 6.42 Å². The fourth-order valence-electron chi connectivity index (χ4n) is 2.83. The molecule has 3 rings (SSSR count). The Labute approximate surface area is 187 Å². The molecular formula is C22H26FIN4O. The van der Waals surface area contributed by atoms with Gasteiger partial charge in [0.2, 0.25) is 5.89 Å². The highest BCUT2D eigenvalue weighted by Crippen LogP contribution is 2.19. The first-order chi connectivity index (χ1) is 13.7. The van der Waals surface area contributed by atoms with E-state index in [4.69, 9.17) is 4.42 Å². The molecule has 1 heterocycles. The summed E-state index contributed by atoms with van der Waals surface area (Å²) < 4.78 is 18.5. The van der Waals surface area contributed by atoms with Crippen molar-refractivity contribution in [2.75, 3.05) is 20.1 Å². The second kappa shape index (κ2) is 11.5. The van der Waals surface area contributed by atoms with E-state index in [-0.39, 0.29) is 29.8 Å². The number of nitrogens with zero attached hydrogens (tertiary/aromatic N) is 2. The molecule has 0 radical (unpaired) electrons. The smallest absolute Gasteiger partial charge is 0.226 e. The van der Waals surface area contributed by atoms with Gasteiger partial charge in [0.25, 0.3) is 0 Å². The van der Waals surface area contributed by atoms with Gasteiger partial charge in [-0.15, -0.1) is 24.0 Å². The fourth-order valence-corrected chi connectivity index (χ4v) is 2.83. The second-order valence-electron chi connectivity index (χ2n) is 6.59. The van der Waals surface area contributed by atoms with Gasteiger partial charge in [0.1, 0.15) is 12.1 Å². The molecule has 5 nitrogen and oxygen atoms in total. The maximum absolute atomic E-state index is 13.0. The quantitative estimate of drug-likeness (QED) is 0.278. The average molecular weight is 508 g/mol. The number of halogens is 2. The summed E-state index contributed by atoms with van der Waals surface area (Å²) in [7, 11) is 1.76. The maximum atomic E-state index is 13.0. The molecule has 0 bridgehead atoms. The topological polar surface area (TPSA) is 62.5 Å². The van der Waals surface area contributed by atoms with Crippen LogP contribution in [0.25, 0.3) is 11.5 Å². The largest absolute Gasteiger partial charge is 0.444 e. The number of rotatable bonds is 7. The zero-order valence-electron chi connectivity index (χ0n) is 16.6. The van der Waals surface area contributed by atoms with E-state index >= 15 is 0 Å². The minimum absolute atomic E-state index is 0. The zero-order valence-corrected chi connectivity index (χ0v) is 18.9. The van der Waals surface area contributed by atoms with Crippen LogP contribution in [0.2, 0.25) is 0 Å². The summed E-state index contributed by atoms with van der Waals surface area (Å²) in [5.74, 6) is 1.35. The number of benzene rings is 2. The molecule has 154 valence electrons. The predicted octanol–water partition coefficient (Wildman–Crippen LogP) is 4.61. The Bertz CT molecular complexity index is 897. The lowest BCUT2D eigenvalue weighted by Gasteiger charge is -2.16. The monoisotopic (exact) mass is 508 g/mol. The average Bonchev–Trinajstić information content (AvgIpc) is 3.20. The van der Waals surface area contributed by atoms with Crippen molar-refractivity contribution in [1.82, 2.24) is 15.6 Å². The summed E-state index contributed by atoms with van der Waals surface area (Å²) in [5, 5.41) is 6.64. The molecule has 0 saturated heterocycles. The van der Waals surface area contributed by atoms with Gasteiger partial charge in [-0.2, -0.15) is 0 Å². The lowest BCUT2D eigenvalue weighted by atomic mass is 10.0. The van der Waals surface area contributed by atoms with Crippen molar-refractivity contribution in [3.63, 3.8) is 0 Å². The molecule has 0 aliphatic carbocycles. The van der Waals surface area contributed by atoms with Crippen molar-refractivity contribution in [2.45, 2.75) is 19.3 Å². The number of hydrogen-bond acceptors (Lipinski definition) is 3. The highest BCUT2D eigenvalue weighted by molar-refractivity contribution is 14.0. The third-order valence-corrected chi connectivity index (χ3v) is 4.48. The molecule has 2 aromatic carbocycles. The Morgan fingerprint density at radius 2 is 1.83 bits per heavy atom. The second-order valence-corrected chi connectivity index (χ2v) is 6.59. The van der Waals surface area contributed by atoms with Gasteiger partial charge < -0.3 is 15.1 Å². The summed E-state index contributed by atoms with van der Waals surface area (Å²) in [5.41, 5.74) is 2.88. The molecule has 0 aliphatic heterocycles. The van der Waals surface area contributed by atoms with Crippen LogP contribution < -0.4 is 10.6 Å². The van der Waals surface area contributed by atoms with Crippen molar-refractivity contribution < 1.29 is 8.81 Å². The van der Waals surface area contributed by atoms with Gasteiger partial charge in [0, 0.05) is 32.1 Å². The van der Waals surface area contributed by atoms with Crippen molar-refractivity contribution >= 4 is 29.9 Å². The molecule has 1 aromatic heterocycles. The van der Waals surface area contributed by atoms with E-state index in [1.807, 2.05) is 6.07 Å². The van der Waals surface area contributed by atoms with Crippen LogP contribution in [0.4, 0.5) is 4.39 Å². The molecule has 0 fully saturated rings. The molecule has 3 aromatic rings. The molecule has 1 unspecified atom stereocenters. The van der Waals surface area contributed by atoms with Gasteiger partial charge in [-0.3, -0.25) is 4.99 Å². The molecule has 7 heteroatoms. The summed E-state index contributed by atoms with van der Waals surface area (Å²) in [4.78, 5) is 8.72. The van der Waals surface area contributed by atoms with Crippen molar-refractivity contribution in [2.24, 2.45) is 4.99 Å². The van der Waals surface area contributed by atoms with Gasteiger partial charge in [0.15, 0.2) is 5.96 Å². The number of aromatic nitrogens is 1.